The molecule has 0 amide bonds. The molecule has 0 saturated heterocycles. The summed E-state index contributed by atoms with van der Waals surface area (Å²) in [6.07, 6.45) is 0. The third-order valence-corrected chi connectivity index (χ3v) is 10.1. The van der Waals surface area contributed by atoms with Crippen molar-refractivity contribution in [2.24, 2.45) is 0 Å². The fraction of sp³-hybridized carbons (Fsp3) is 0.0213. The van der Waals surface area contributed by atoms with E-state index < -0.39 is 0 Å². The van der Waals surface area contributed by atoms with E-state index in [0.717, 1.165) is 66.5 Å². The Balaban J connectivity index is 1.29. The molecule has 248 valence electrons. The average Bonchev–Trinajstić information content (AvgIpc) is 3.74. The van der Waals surface area contributed by atoms with E-state index in [-0.39, 0.29) is 0 Å². The predicted molar refractivity (Wildman–Crippen MR) is 214 cm³/mol. The third-order valence-electron chi connectivity index (χ3n) is 10.1. The molecule has 0 bridgehead atoms. The van der Waals surface area contributed by atoms with Gasteiger partial charge in [-0.1, -0.05) is 115 Å². The smallest absolute Gasteiger partial charge is 0.166 e. The molecule has 0 aliphatic rings. The Kier molecular flexibility index (Phi) is 6.98. The summed E-state index contributed by atoms with van der Waals surface area (Å²) in [6.45, 7) is 2.09. The van der Waals surface area contributed by atoms with Crippen LogP contribution in [0, 0.1) is 18.3 Å². The number of hydrogen-bond donors (Lipinski definition) is 0. The van der Waals surface area contributed by atoms with Crippen molar-refractivity contribution in [1.29, 1.82) is 5.26 Å². The highest BCUT2D eigenvalue weighted by Crippen LogP contribution is 2.39. The van der Waals surface area contributed by atoms with E-state index >= 15 is 0 Å². The summed E-state index contributed by atoms with van der Waals surface area (Å²) in [5.74, 6) is 1.58. The second kappa shape index (κ2) is 12.2. The number of rotatable bonds is 5. The highest BCUT2D eigenvalue weighted by Gasteiger charge is 2.22. The Labute approximate surface area is 305 Å². The minimum atomic E-state index is 0.484. The van der Waals surface area contributed by atoms with Crippen molar-refractivity contribution in [2.75, 3.05) is 0 Å². The molecule has 0 fully saturated rings. The van der Waals surface area contributed by atoms with Gasteiger partial charge in [0.2, 0.25) is 0 Å². The molecule has 3 heterocycles. The Morgan fingerprint density at radius 1 is 0.434 bits per heavy atom. The zero-order valence-corrected chi connectivity index (χ0v) is 28.8. The van der Waals surface area contributed by atoms with Gasteiger partial charge in [0.15, 0.2) is 17.5 Å². The van der Waals surface area contributed by atoms with Crippen LogP contribution in [0.25, 0.3) is 89.2 Å². The van der Waals surface area contributed by atoms with Crippen LogP contribution < -0.4 is 0 Å². The van der Waals surface area contributed by atoms with Gasteiger partial charge in [-0.3, -0.25) is 0 Å². The first-order valence-electron chi connectivity index (χ1n) is 17.6. The minimum Gasteiger partial charge on any atom is -0.309 e. The van der Waals surface area contributed by atoms with E-state index in [9.17, 15) is 5.26 Å². The molecule has 0 spiro atoms. The van der Waals surface area contributed by atoms with Crippen molar-refractivity contribution < 1.29 is 0 Å². The fourth-order valence-electron chi connectivity index (χ4n) is 7.70. The quantitative estimate of drug-likeness (QED) is 0.182. The van der Waals surface area contributed by atoms with Gasteiger partial charge in [0.1, 0.15) is 0 Å². The first-order valence-corrected chi connectivity index (χ1v) is 17.6. The molecule has 0 radical (unpaired) electrons. The summed E-state index contributed by atoms with van der Waals surface area (Å²) in [5.41, 5.74) is 10.3. The lowest BCUT2D eigenvalue weighted by atomic mass is 10.1. The maximum Gasteiger partial charge on any atom is 0.166 e. The fourth-order valence-corrected chi connectivity index (χ4v) is 7.70. The number of hydrogen-bond acceptors (Lipinski definition) is 4. The number of benzene rings is 7. The van der Waals surface area contributed by atoms with Crippen LogP contribution in [0.1, 0.15) is 11.1 Å². The lowest BCUT2D eigenvalue weighted by Crippen LogP contribution is -2.06. The third kappa shape index (κ3) is 4.90. The van der Waals surface area contributed by atoms with Gasteiger partial charge in [0.05, 0.1) is 45.1 Å². The minimum absolute atomic E-state index is 0.484. The normalized spacial score (nSPS) is 11.5. The first-order chi connectivity index (χ1) is 26.2. The van der Waals surface area contributed by atoms with E-state index in [4.69, 9.17) is 15.0 Å². The van der Waals surface area contributed by atoms with Crippen LogP contribution in [0.3, 0.4) is 0 Å². The SMILES string of the molecule is Cc1ccc(-n2c3ccccc3c3ccccc32)c(-c2nc(-c3ccccc3)nc(-c3cc(C#N)ccc3-n3c4ccccc4c4ccccc43)n2)c1. The highest BCUT2D eigenvalue weighted by atomic mass is 15.1. The monoisotopic (exact) mass is 678 g/mol. The second-order valence-electron chi connectivity index (χ2n) is 13.3. The second-order valence-corrected chi connectivity index (χ2v) is 13.3. The number of nitriles is 1. The maximum atomic E-state index is 10.2. The first kappa shape index (κ1) is 30.5. The molecule has 10 rings (SSSR count). The van der Waals surface area contributed by atoms with E-state index in [1.54, 1.807) is 0 Å². The van der Waals surface area contributed by atoms with Gasteiger partial charge in [-0.15, -0.1) is 0 Å². The Morgan fingerprint density at radius 3 is 1.34 bits per heavy atom. The summed E-state index contributed by atoms with van der Waals surface area (Å²) < 4.78 is 4.56. The summed E-state index contributed by atoms with van der Waals surface area (Å²) in [6, 6.07) is 58.5. The van der Waals surface area contributed by atoms with Crippen molar-refractivity contribution in [3.8, 4) is 51.6 Å². The summed E-state index contributed by atoms with van der Waals surface area (Å²) in [5, 5.41) is 14.8. The van der Waals surface area contributed by atoms with Crippen molar-refractivity contribution in [3.63, 3.8) is 0 Å². The lowest BCUT2D eigenvalue weighted by molar-refractivity contribution is 1.05. The Bertz CT molecular complexity index is 2980. The van der Waals surface area contributed by atoms with Gasteiger partial charge in [-0.2, -0.15) is 5.26 Å². The van der Waals surface area contributed by atoms with Crippen LogP contribution in [-0.2, 0) is 0 Å². The molecule has 0 N–H and O–H groups in total. The van der Waals surface area contributed by atoms with Crippen LogP contribution in [-0.4, -0.2) is 24.1 Å². The molecule has 7 aromatic carbocycles. The summed E-state index contributed by atoms with van der Waals surface area (Å²) >= 11 is 0. The number of fused-ring (bicyclic) bond motifs is 6. The number of nitrogens with zero attached hydrogens (tertiary/aromatic N) is 6. The molecule has 53 heavy (non-hydrogen) atoms. The number of aromatic nitrogens is 5. The molecular weight excluding hydrogens is 649 g/mol. The lowest BCUT2D eigenvalue weighted by Gasteiger charge is -2.17. The molecule has 10 aromatic rings. The van der Waals surface area contributed by atoms with Crippen molar-refractivity contribution >= 4 is 43.6 Å². The zero-order valence-electron chi connectivity index (χ0n) is 28.8. The Hall–Kier alpha value is -7.36. The maximum absolute atomic E-state index is 10.2. The Morgan fingerprint density at radius 2 is 0.849 bits per heavy atom. The highest BCUT2D eigenvalue weighted by molar-refractivity contribution is 6.10. The molecular formula is C47H30N6. The molecule has 0 atom stereocenters. The van der Waals surface area contributed by atoms with Crippen LogP contribution in [0.5, 0.6) is 0 Å². The standard InChI is InChI=1S/C47H30N6/c1-30-23-25-43(52-39-19-9-5-15-33(39)34-16-6-10-20-40(34)52)37(27-30)46-49-45(32-13-3-2-4-14-32)50-47(51-46)38-28-31(29-48)24-26-44(38)53-41-21-11-7-17-35(41)36-18-8-12-22-42(36)53/h2-28H,1H3. The summed E-state index contributed by atoms with van der Waals surface area (Å²) in [7, 11) is 0. The van der Waals surface area contributed by atoms with Crippen LogP contribution >= 0.6 is 0 Å². The average molecular weight is 679 g/mol. The topological polar surface area (TPSA) is 72.3 Å². The molecule has 6 heteroatoms. The molecule has 0 unspecified atom stereocenters. The van der Waals surface area contributed by atoms with Crippen molar-refractivity contribution in [1.82, 2.24) is 24.1 Å². The van der Waals surface area contributed by atoms with E-state index in [0.29, 0.717) is 23.0 Å². The molecule has 0 saturated carbocycles. The van der Waals surface area contributed by atoms with Crippen LogP contribution in [0.4, 0.5) is 0 Å². The number of para-hydroxylation sites is 4. The van der Waals surface area contributed by atoms with Gasteiger partial charge in [0.25, 0.3) is 0 Å². The van der Waals surface area contributed by atoms with Gasteiger partial charge >= 0.3 is 0 Å². The van der Waals surface area contributed by atoms with Crippen molar-refractivity contribution in [3.05, 3.63) is 175 Å². The van der Waals surface area contributed by atoms with E-state index in [1.807, 2.05) is 48.5 Å². The number of aryl methyl sites for hydroxylation is 1. The van der Waals surface area contributed by atoms with Gasteiger partial charge in [-0.05, 0) is 61.5 Å². The molecule has 6 nitrogen and oxygen atoms in total. The predicted octanol–water partition coefficient (Wildman–Crippen LogP) is 11.2. The van der Waals surface area contributed by atoms with E-state index in [2.05, 4.69) is 137 Å². The largest absolute Gasteiger partial charge is 0.309 e. The van der Waals surface area contributed by atoms with Gasteiger partial charge < -0.3 is 9.13 Å². The molecule has 0 aliphatic heterocycles. The zero-order chi connectivity index (χ0) is 35.5. The van der Waals surface area contributed by atoms with E-state index in [1.165, 1.54) is 10.8 Å². The van der Waals surface area contributed by atoms with Gasteiger partial charge in [0, 0.05) is 38.2 Å². The van der Waals surface area contributed by atoms with Crippen LogP contribution in [0.15, 0.2) is 164 Å². The molecule has 0 aliphatic carbocycles. The summed E-state index contributed by atoms with van der Waals surface area (Å²) in [4.78, 5) is 15.7. The molecule has 3 aromatic heterocycles. The van der Waals surface area contributed by atoms with Crippen molar-refractivity contribution in [2.45, 2.75) is 6.92 Å². The van der Waals surface area contributed by atoms with Crippen LogP contribution in [0.2, 0.25) is 0 Å². The van der Waals surface area contributed by atoms with Gasteiger partial charge in [-0.25, -0.2) is 15.0 Å².